The molecule has 1 aromatic carbocycles. The maximum atomic E-state index is 13.0. The zero-order chi connectivity index (χ0) is 15.5. The molecule has 22 heavy (non-hydrogen) atoms. The van der Waals surface area contributed by atoms with Gasteiger partial charge in [-0.25, -0.2) is 4.98 Å². The Hall–Kier alpha value is -1.55. The van der Waals surface area contributed by atoms with Crippen molar-refractivity contribution >= 4 is 22.7 Å². The van der Waals surface area contributed by atoms with Gasteiger partial charge in [-0.05, 0) is 31.9 Å². The van der Waals surface area contributed by atoms with Crippen LogP contribution in [0, 0.1) is 0 Å². The van der Waals surface area contributed by atoms with Crippen molar-refractivity contribution < 1.29 is 0 Å². The van der Waals surface area contributed by atoms with Crippen molar-refractivity contribution in [1.29, 1.82) is 0 Å². The highest BCUT2D eigenvalue weighted by Crippen LogP contribution is 2.31. The molecule has 0 unspecified atom stereocenters. The Bertz CT molecular complexity index is 744. The summed E-state index contributed by atoms with van der Waals surface area (Å²) < 4.78 is 1.95. The minimum absolute atomic E-state index is 0.113. The highest BCUT2D eigenvalue weighted by molar-refractivity contribution is 7.99. The molecule has 1 aliphatic rings. The Morgan fingerprint density at radius 1 is 1.32 bits per heavy atom. The fraction of sp³-hybridized carbons (Fsp3) is 0.444. The molecule has 0 saturated heterocycles. The molecule has 1 saturated carbocycles. The molecule has 2 aromatic rings. The normalized spacial score (nSPS) is 16.0. The molecule has 0 aliphatic heterocycles. The lowest BCUT2D eigenvalue weighted by molar-refractivity contribution is 0.326. The van der Waals surface area contributed by atoms with Gasteiger partial charge in [0.15, 0.2) is 5.16 Å². The Morgan fingerprint density at radius 2 is 2.05 bits per heavy atom. The zero-order valence-electron chi connectivity index (χ0n) is 13.0. The second-order valence-electron chi connectivity index (χ2n) is 6.12. The van der Waals surface area contributed by atoms with E-state index >= 15 is 0 Å². The Morgan fingerprint density at radius 3 is 2.77 bits per heavy atom. The molecule has 1 aliphatic carbocycles. The van der Waals surface area contributed by atoms with Crippen LogP contribution < -0.4 is 5.56 Å². The first-order valence-corrected chi connectivity index (χ1v) is 8.94. The SMILES string of the molecule is C=C(C)CSc1nc2ccccc2c(=O)n1C1CCCCC1. The van der Waals surface area contributed by atoms with Gasteiger partial charge >= 0.3 is 0 Å². The monoisotopic (exact) mass is 314 g/mol. The first-order chi connectivity index (χ1) is 10.7. The first kappa shape index (κ1) is 15.3. The molecule has 116 valence electrons. The van der Waals surface area contributed by atoms with Gasteiger partial charge in [-0.3, -0.25) is 9.36 Å². The lowest BCUT2D eigenvalue weighted by Gasteiger charge is -2.26. The van der Waals surface area contributed by atoms with E-state index in [0.29, 0.717) is 6.04 Å². The van der Waals surface area contributed by atoms with Crippen molar-refractivity contribution in [3.63, 3.8) is 0 Å². The van der Waals surface area contributed by atoms with Crippen LogP contribution in [0.4, 0.5) is 0 Å². The van der Waals surface area contributed by atoms with Crippen LogP contribution in [0.5, 0.6) is 0 Å². The molecule has 4 heteroatoms. The van der Waals surface area contributed by atoms with Crippen molar-refractivity contribution in [3.05, 3.63) is 46.8 Å². The smallest absolute Gasteiger partial charge is 0.262 e. The lowest BCUT2D eigenvalue weighted by Crippen LogP contribution is -2.29. The lowest BCUT2D eigenvalue weighted by atomic mass is 9.95. The Labute approximate surface area is 135 Å². The summed E-state index contributed by atoms with van der Waals surface area (Å²) in [5, 5.41) is 1.58. The largest absolute Gasteiger partial charge is 0.284 e. The van der Waals surface area contributed by atoms with E-state index in [9.17, 15) is 4.79 Å². The van der Waals surface area contributed by atoms with Gasteiger partial charge in [0.05, 0.1) is 10.9 Å². The third-order valence-electron chi connectivity index (χ3n) is 4.16. The van der Waals surface area contributed by atoms with E-state index in [1.807, 2.05) is 35.8 Å². The molecule has 3 rings (SSSR count). The second-order valence-corrected chi connectivity index (χ2v) is 7.07. The number of hydrogen-bond donors (Lipinski definition) is 0. The maximum absolute atomic E-state index is 13.0. The summed E-state index contributed by atoms with van der Waals surface area (Å²) >= 11 is 1.63. The second kappa shape index (κ2) is 6.69. The van der Waals surface area contributed by atoms with E-state index in [1.165, 1.54) is 19.3 Å². The van der Waals surface area contributed by atoms with Crippen LogP contribution in [0.3, 0.4) is 0 Å². The van der Waals surface area contributed by atoms with Gasteiger partial charge in [-0.15, -0.1) is 0 Å². The van der Waals surface area contributed by atoms with Crippen molar-refractivity contribution in [2.45, 2.75) is 50.2 Å². The number of thioether (sulfide) groups is 1. The van der Waals surface area contributed by atoms with E-state index in [2.05, 4.69) is 6.58 Å². The van der Waals surface area contributed by atoms with Gasteiger partial charge in [-0.2, -0.15) is 0 Å². The van der Waals surface area contributed by atoms with Gasteiger partial charge in [0.2, 0.25) is 0 Å². The summed E-state index contributed by atoms with van der Waals surface area (Å²) in [5.74, 6) is 0.803. The average Bonchev–Trinajstić information content (AvgIpc) is 2.54. The van der Waals surface area contributed by atoms with Gasteiger partial charge in [-0.1, -0.05) is 55.3 Å². The van der Waals surface area contributed by atoms with Gasteiger partial charge < -0.3 is 0 Å². The molecular formula is C18H22N2OS. The van der Waals surface area contributed by atoms with Gasteiger partial charge in [0.25, 0.3) is 5.56 Å². The van der Waals surface area contributed by atoms with E-state index < -0.39 is 0 Å². The predicted octanol–water partition coefficient (Wildman–Crippen LogP) is 4.57. The number of rotatable bonds is 4. The van der Waals surface area contributed by atoms with Crippen LogP contribution in [-0.4, -0.2) is 15.3 Å². The molecule has 0 bridgehead atoms. The molecular weight excluding hydrogens is 292 g/mol. The molecule has 1 aromatic heterocycles. The number of fused-ring (bicyclic) bond motifs is 1. The fourth-order valence-electron chi connectivity index (χ4n) is 3.08. The zero-order valence-corrected chi connectivity index (χ0v) is 13.9. The standard InChI is InChI=1S/C18H22N2OS/c1-13(2)12-22-18-19-16-11-7-6-10-15(16)17(21)20(18)14-8-4-3-5-9-14/h6-7,10-11,14H,1,3-5,8-9,12H2,2H3. The molecule has 1 fully saturated rings. The van der Waals surface area contributed by atoms with E-state index in [1.54, 1.807) is 11.8 Å². The molecule has 1 heterocycles. The van der Waals surface area contributed by atoms with Crippen molar-refractivity contribution in [1.82, 2.24) is 9.55 Å². The molecule has 0 atom stereocenters. The minimum Gasteiger partial charge on any atom is -0.284 e. The number of nitrogens with zero attached hydrogens (tertiary/aromatic N) is 2. The third-order valence-corrected chi connectivity index (χ3v) is 5.35. The Kier molecular flexibility index (Phi) is 4.67. The molecule has 0 spiro atoms. The summed E-state index contributed by atoms with van der Waals surface area (Å²) in [6.45, 7) is 5.97. The van der Waals surface area contributed by atoms with Crippen LogP contribution in [0.2, 0.25) is 0 Å². The predicted molar refractivity (Wildman–Crippen MR) is 93.7 cm³/mol. The highest BCUT2D eigenvalue weighted by atomic mass is 32.2. The van der Waals surface area contributed by atoms with E-state index in [4.69, 9.17) is 4.98 Å². The molecule has 0 amide bonds. The Balaban J connectivity index is 2.11. The van der Waals surface area contributed by atoms with Gasteiger partial charge in [0, 0.05) is 11.8 Å². The summed E-state index contributed by atoms with van der Waals surface area (Å²) in [5.41, 5.74) is 2.01. The highest BCUT2D eigenvalue weighted by Gasteiger charge is 2.21. The maximum Gasteiger partial charge on any atom is 0.262 e. The number of benzene rings is 1. The third kappa shape index (κ3) is 3.12. The number of aromatic nitrogens is 2. The quantitative estimate of drug-likeness (QED) is 0.471. The van der Waals surface area contributed by atoms with Crippen molar-refractivity contribution in [2.75, 3.05) is 5.75 Å². The topological polar surface area (TPSA) is 34.9 Å². The van der Waals surface area contributed by atoms with Gasteiger partial charge in [0.1, 0.15) is 0 Å². The summed E-state index contributed by atoms with van der Waals surface area (Å²) in [6, 6.07) is 7.96. The fourth-order valence-corrected chi connectivity index (χ4v) is 3.99. The summed E-state index contributed by atoms with van der Waals surface area (Å²) in [4.78, 5) is 17.7. The van der Waals surface area contributed by atoms with E-state index in [0.717, 1.165) is 40.2 Å². The van der Waals surface area contributed by atoms with E-state index in [-0.39, 0.29) is 5.56 Å². The average molecular weight is 314 g/mol. The molecule has 3 nitrogen and oxygen atoms in total. The van der Waals surface area contributed by atoms with Crippen molar-refractivity contribution in [2.24, 2.45) is 0 Å². The number of hydrogen-bond acceptors (Lipinski definition) is 3. The minimum atomic E-state index is 0.113. The first-order valence-electron chi connectivity index (χ1n) is 7.95. The summed E-state index contributed by atoms with van der Waals surface area (Å²) in [6.07, 6.45) is 5.85. The summed E-state index contributed by atoms with van der Waals surface area (Å²) in [7, 11) is 0. The van der Waals surface area contributed by atoms with Crippen molar-refractivity contribution in [3.8, 4) is 0 Å². The van der Waals surface area contributed by atoms with Crippen LogP contribution >= 0.6 is 11.8 Å². The molecule has 0 N–H and O–H groups in total. The number of para-hydroxylation sites is 1. The van der Waals surface area contributed by atoms with Crippen LogP contribution in [0.1, 0.15) is 45.1 Å². The van der Waals surface area contributed by atoms with Crippen LogP contribution in [0.25, 0.3) is 10.9 Å². The van der Waals surface area contributed by atoms with Crippen LogP contribution in [0.15, 0.2) is 46.4 Å². The van der Waals surface area contributed by atoms with Crippen LogP contribution in [-0.2, 0) is 0 Å². The molecule has 0 radical (unpaired) electrons.